The zero-order valence-electron chi connectivity index (χ0n) is 11.3. The molecule has 2 N–H and O–H groups in total. The normalized spacial score (nSPS) is 17.6. The van der Waals surface area contributed by atoms with Crippen molar-refractivity contribution in [3.63, 3.8) is 0 Å². The summed E-state index contributed by atoms with van der Waals surface area (Å²) in [6, 6.07) is 4.36. The second kappa shape index (κ2) is 5.53. The summed E-state index contributed by atoms with van der Waals surface area (Å²) in [5.41, 5.74) is 0.737. The van der Waals surface area contributed by atoms with E-state index in [1.165, 1.54) is 12.0 Å². The topological polar surface area (TPSA) is 74.7 Å². The van der Waals surface area contributed by atoms with E-state index in [4.69, 9.17) is 21.3 Å². The first-order valence-corrected chi connectivity index (χ1v) is 5.93. The molecule has 1 aliphatic rings. The summed E-state index contributed by atoms with van der Waals surface area (Å²) in [7, 11) is 3.08. The summed E-state index contributed by atoms with van der Waals surface area (Å²) >= 11 is 0. The number of hydrogen-bond donors (Lipinski definition) is 2. The Labute approximate surface area is 117 Å². The highest BCUT2D eigenvalue weighted by Gasteiger charge is 2.36. The lowest BCUT2D eigenvalue weighted by Crippen LogP contribution is -2.30. The molecule has 1 atom stereocenters. The van der Waals surface area contributed by atoms with Crippen molar-refractivity contribution in [1.82, 2.24) is 10.2 Å². The first-order valence-electron chi connectivity index (χ1n) is 5.93. The van der Waals surface area contributed by atoms with Crippen LogP contribution in [0, 0.1) is 17.8 Å². The second-order valence-electron chi connectivity index (χ2n) is 4.19. The van der Waals surface area contributed by atoms with Gasteiger partial charge >= 0.3 is 6.03 Å². The quantitative estimate of drug-likeness (QED) is 0.814. The number of amides is 2. The van der Waals surface area contributed by atoms with Gasteiger partial charge in [0.15, 0.2) is 11.5 Å². The van der Waals surface area contributed by atoms with E-state index in [2.05, 4.69) is 11.2 Å². The van der Waals surface area contributed by atoms with Crippen LogP contribution in [0.15, 0.2) is 18.2 Å². The van der Waals surface area contributed by atoms with Crippen LogP contribution < -0.4 is 14.8 Å². The maximum absolute atomic E-state index is 11.8. The Morgan fingerprint density at radius 1 is 1.40 bits per heavy atom. The van der Waals surface area contributed by atoms with Crippen molar-refractivity contribution in [3.05, 3.63) is 23.8 Å². The van der Waals surface area contributed by atoms with Crippen molar-refractivity contribution < 1.29 is 14.3 Å². The standard InChI is InChI=1S/C14H15N3O3/c1-4-7-17-12(13(15)16-14(17)18)9-5-6-10(19-2)11(8-9)20-3/h1,5-6,8,12H,7H2,2-3H3,(H2,15,16,18). The molecule has 1 unspecified atom stereocenters. The van der Waals surface area contributed by atoms with E-state index < -0.39 is 6.04 Å². The van der Waals surface area contributed by atoms with Gasteiger partial charge in [-0.2, -0.15) is 0 Å². The van der Waals surface area contributed by atoms with Gasteiger partial charge in [-0.1, -0.05) is 12.0 Å². The second-order valence-corrected chi connectivity index (χ2v) is 4.19. The number of nitrogens with zero attached hydrogens (tertiary/aromatic N) is 1. The molecule has 6 nitrogen and oxygen atoms in total. The highest BCUT2D eigenvalue weighted by atomic mass is 16.5. The van der Waals surface area contributed by atoms with E-state index in [9.17, 15) is 4.79 Å². The van der Waals surface area contributed by atoms with Gasteiger partial charge in [0.25, 0.3) is 0 Å². The number of urea groups is 1. The molecule has 20 heavy (non-hydrogen) atoms. The monoisotopic (exact) mass is 273 g/mol. The van der Waals surface area contributed by atoms with Gasteiger partial charge in [0.05, 0.1) is 20.8 Å². The van der Waals surface area contributed by atoms with E-state index in [0.717, 1.165) is 5.56 Å². The average Bonchev–Trinajstić information content (AvgIpc) is 2.73. The summed E-state index contributed by atoms with van der Waals surface area (Å²) in [5, 5.41) is 10.4. The van der Waals surface area contributed by atoms with Crippen LogP contribution in [0.2, 0.25) is 0 Å². The molecule has 2 rings (SSSR count). The lowest BCUT2D eigenvalue weighted by molar-refractivity contribution is 0.212. The summed E-state index contributed by atoms with van der Waals surface area (Å²) < 4.78 is 10.4. The Morgan fingerprint density at radius 2 is 2.10 bits per heavy atom. The third-order valence-electron chi connectivity index (χ3n) is 3.07. The summed E-state index contributed by atoms with van der Waals surface area (Å²) in [4.78, 5) is 13.2. The van der Waals surface area contributed by atoms with Crippen LogP contribution in [0.5, 0.6) is 11.5 Å². The van der Waals surface area contributed by atoms with Gasteiger partial charge < -0.3 is 9.47 Å². The number of benzene rings is 1. The van der Waals surface area contributed by atoms with Gasteiger partial charge in [-0.25, -0.2) is 4.79 Å². The number of ether oxygens (including phenoxy) is 2. The molecule has 1 aromatic rings. The van der Waals surface area contributed by atoms with Crippen LogP contribution in [0.1, 0.15) is 11.6 Å². The first kappa shape index (κ1) is 13.7. The highest BCUT2D eigenvalue weighted by Crippen LogP contribution is 2.33. The Balaban J connectivity index is 2.41. The van der Waals surface area contributed by atoms with Gasteiger partial charge in [0.2, 0.25) is 0 Å². The van der Waals surface area contributed by atoms with Gasteiger partial charge in [-0.3, -0.25) is 15.6 Å². The molecule has 1 saturated heterocycles. The van der Waals surface area contributed by atoms with Crippen LogP contribution in [0.25, 0.3) is 0 Å². The van der Waals surface area contributed by atoms with E-state index >= 15 is 0 Å². The van der Waals surface area contributed by atoms with Crippen molar-refractivity contribution in [2.75, 3.05) is 20.8 Å². The molecule has 6 heteroatoms. The van der Waals surface area contributed by atoms with Gasteiger partial charge in [0.1, 0.15) is 11.9 Å². The molecule has 0 radical (unpaired) electrons. The number of carbonyl (C=O) groups excluding carboxylic acids is 1. The third-order valence-corrected chi connectivity index (χ3v) is 3.07. The minimum absolute atomic E-state index is 0.0949. The van der Waals surface area contributed by atoms with Crippen LogP contribution >= 0.6 is 0 Å². The zero-order chi connectivity index (χ0) is 14.7. The maximum atomic E-state index is 11.8. The molecule has 0 aliphatic carbocycles. The number of rotatable bonds is 4. The number of carbonyl (C=O) groups is 1. The molecular weight excluding hydrogens is 258 g/mol. The molecule has 0 spiro atoms. The molecule has 1 aromatic carbocycles. The molecule has 1 heterocycles. The predicted octanol–water partition coefficient (Wildman–Crippen LogP) is 1.38. The van der Waals surface area contributed by atoms with Gasteiger partial charge in [0, 0.05) is 0 Å². The number of nitrogens with one attached hydrogen (secondary N) is 2. The molecule has 0 aromatic heterocycles. The smallest absolute Gasteiger partial charge is 0.324 e. The fourth-order valence-electron chi connectivity index (χ4n) is 2.16. The van der Waals surface area contributed by atoms with Crippen LogP contribution in [0.3, 0.4) is 0 Å². The molecule has 1 aliphatic heterocycles. The lowest BCUT2D eigenvalue weighted by atomic mass is 10.0. The van der Waals surface area contributed by atoms with Crippen molar-refractivity contribution in [2.45, 2.75) is 6.04 Å². The number of terminal acetylenes is 1. The Kier molecular flexibility index (Phi) is 3.80. The van der Waals surface area contributed by atoms with Crippen molar-refractivity contribution in [3.8, 4) is 23.8 Å². The molecular formula is C14H15N3O3. The summed E-state index contributed by atoms with van der Waals surface area (Å²) in [6.45, 7) is 0.132. The minimum Gasteiger partial charge on any atom is -0.493 e. The van der Waals surface area contributed by atoms with Gasteiger partial charge in [-0.15, -0.1) is 6.42 Å². The van der Waals surface area contributed by atoms with Crippen LogP contribution in [0.4, 0.5) is 4.79 Å². The summed E-state index contributed by atoms with van der Waals surface area (Å²) in [6.07, 6.45) is 5.27. The van der Waals surface area contributed by atoms with Crippen molar-refractivity contribution in [1.29, 1.82) is 5.41 Å². The molecule has 104 valence electrons. The van der Waals surface area contributed by atoms with E-state index in [-0.39, 0.29) is 18.4 Å². The molecule has 1 fully saturated rings. The van der Waals surface area contributed by atoms with Gasteiger partial charge in [-0.05, 0) is 17.7 Å². The number of amidine groups is 1. The Morgan fingerprint density at radius 3 is 2.70 bits per heavy atom. The minimum atomic E-state index is -0.529. The Bertz CT molecular complexity index is 592. The summed E-state index contributed by atoms with van der Waals surface area (Å²) in [5.74, 6) is 3.65. The fourth-order valence-corrected chi connectivity index (χ4v) is 2.16. The molecule has 0 saturated carbocycles. The lowest BCUT2D eigenvalue weighted by Gasteiger charge is -2.21. The highest BCUT2D eigenvalue weighted by molar-refractivity contribution is 6.06. The first-order chi connectivity index (χ1) is 9.62. The maximum Gasteiger partial charge on any atom is 0.324 e. The number of hydrogen-bond acceptors (Lipinski definition) is 4. The zero-order valence-corrected chi connectivity index (χ0v) is 11.3. The molecule has 2 amide bonds. The van der Waals surface area contributed by atoms with E-state index in [0.29, 0.717) is 11.5 Å². The fraction of sp³-hybridized carbons (Fsp3) is 0.286. The molecule has 0 bridgehead atoms. The van der Waals surface area contributed by atoms with Crippen LogP contribution in [-0.2, 0) is 0 Å². The SMILES string of the molecule is C#CCN1C(=O)NC(=N)C1c1ccc(OC)c(OC)c1. The third kappa shape index (κ3) is 2.26. The van der Waals surface area contributed by atoms with Crippen molar-refractivity contribution >= 4 is 11.9 Å². The van der Waals surface area contributed by atoms with E-state index in [1.54, 1.807) is 25.3 Å². The average molecular weight is 273 g/mol. The largest absolute Gasteiger partial charge is 0.493 e. The van der Waals surface area contributed by atoms with Crippen molar-refractivity contribution in [2.24, 2.45) is 0 Å². The van der Waals surface area contributed by atoms with E-state index in [1.807, 2.05) is 0 Å². The predicted molar refractivity (Wildman–Crippen MR) is 74.1 cm³/mol. The number of methoxy groups -OCH3 is 2. The Hall–Kier alpha value is -2.68. The van der Waals surface area contributed by atoms with Crippen LogP contribution in [-0.4, -0.2) is 37.5 Å².